The lowest BCUT2D eigenvalue weighted by molar-refractivity contribution is 0.174. The maximum Gasteiger partial charge on any atom is 0.276 e. The van der Waals surface area contributed by atoms with Crippen LogP contribution in [0, 0.1) is 6.92 Å². The van der Waals surface area contributed by atoms with Crippen LogP contribution < -0.4 is 10.7 Å². The number of allylic oxidation sites excluding steroid dienone is 1. The zero-order chi connectivity index (χ0) is 17.8. The fourth-order valence-corrected chi connectivity index (χ4v) is 3.69. The molecule has 26 heavy (non-hydrogen) atoms. The summed E-state index contributed by atoms with van der Waals surface area (Å²) >= 11 is 0. The molecule has 0 spiro atoms. The van der Waals surface area contributed by atoms with Crippen molar-refractivity contribution in [3.8, 4) is 11.1 Å². The van der Waals surface area contributed by atoms with E-state index in [9.17, 15) is 0 Å². The molecule has 2 aliphatic rings. The molecule has 0 aliphatic carbocycles. The van der Waals surface area contributed by atoms with Gasteiger partial charge in [-0.05, 0) is 37.1 Å². The average Bonchev–Trinajstić information content (AvgIpc) is 3.32. The number of ether oxygens (including phenoxy) is 1. The van der Waals surface area contributed by atoms with Crippen molar-refractivity contribution >= 4 is 17.0 Å². The van der Waals surface area contributed by atoms with Crippen LogP contribution in [0.5, 0.6) is 0 Å². The van der Waals surface area contributed by atoms with Crippen LogP contribution in [0.4, 0.5) is 5.69 Å². The fourth-order valence-electron chi connectivity index (χ4n) is 3.69. The number of hydrogen-bond acceptors (Lipinski definition) is 6. The Morgan fingerprint density at radius 3 is 2.77 bits per heavy atom. The van der Waals surface area contributed by atoms with Crippen LogP contribution in [-0.2, 0) is 11.3 Å². The maximum atomic E-state index is 5.38. The Kier molecular flexibility index (Phi) is 3.17. The van der Waals surface area contributed by atoms with E-state index < -0.39 is 0 Å². The van der Waals surface area contributed by atoms with Crippen molar-refractivity contribution in [1.82, 2.24) is 10.1 Å². The summed E-state index contributed by atoms with van der Waals surface area (Å²) in [4.78, 5) is 14.0. The summed E-state index contributed by atoms with van der Waals surface area (Å²) in [5.74, 6) is 0.930. The number of benzene rings is 2. The van der Waals surface area contributed by atoms with Crippen molar-refractivity contribution in [1.29, 1.82) is 0 Å². The second-order valence-electron chi connectivity index (χ2n) is 6.45. The summed E-state index contributed by atoms with van der Waals surface area (Å²) in [6, 6.07) is 10.3. The van der Waals surface area contributed by atoms with Gasteiger partial charge in [0.05, 0.1) is 16.4 Å². The van der Waals surface area contributed by atoms with E-state index in [1.807, 2.05) is 25.1 Å². The first-order chi connectivity index (χ1) is 12.7. The quantitative estimate of drug-likeness (QED) is 0.573. The van der Waals surface area contributed by atoms with Gasteiger partial charge in [-0.1, -0.05) is 23.4 Å². The molecule has 0 atom stereocenters. The van der Waals surface area contributed by atoms with Gasteiger partial charge in [0, 0.05) is 23.8 Å². The van der Waals surface area contributed by atoms with E-state index in [2.05, 4.69) is 29.2 Å². The molecular formula is C20H16N4O2. The minimum atomic E-state index is 0.311. The Hall–Kier alpha value is -3.12. The Labute approximate surface area is 149 Å². The highest BCUT2D eigenvalue weighted by Crippen LogP contribution is 2.35. The largest absolute Gasteiger partial charge is 0.377 e. The molecule has 6 nitrogen and oxygen atoms in total. The first-order valence-corrected chi connectivity index (χ1v) is 8.41. The van der Waals surface area contributed by atoms with E-state index >= 15 is 0 Å². The molecule has 0 saturated carbocycles. The topological polar surface area (TPSA) is 72.9 Å². The van der Waals surface area contributed by atoms with Crippen molar-refractivity contribution in [2.75, 3.05) is 7.11 Å². The smallest absolute Gasteiger partial charge is 0.276 e. The lowest BCUT2D eigenvalue weighted by Crippen LogP contribution is -2.18. The molecule has 128 valence electrons. The summed E-state index contributed by atoms with van der Waals surface area (Å²) in [5.41, 5.74) is 7.25. The zero-order valence-corrected chi connectivity index (χ0v) is 14.7. The van der Waals surface area contributed by atoms with Gasteiger partial charge >= 0.3 is 0 Å². The normalized spacial score (nSPS) is 14.0. The molecule has 3 heterocycles. The van der Waals surface area contributed by atoms with Gasteiger partial charge in [-0.2, -0.15) is 4.98 Å². The van der Waals surface area contributed by atoms with Crippen molar-refractivity contribution in [3.05, 3.63) is 63.9 Å². The number of nitrogens with zero attached hydrogens (tertiary/aromatic N) is 4. The molecule has 6 heteroatoms. The van der Waals surface area contributed by atoms with Crippen molar-refractivity contribution in [3.63, 3.8) is 0 Å². The SMILES string of the molecule is COCc1noc(C2=C(C)c3c(C)c4c(cc3=N2)-c2ccccc2N=4)n1. The third-order valence-electron chi connectivity index (χ3n) is 4.86. The molecule has 5 rings (SSSR count). The molecule has 2 aliphatic heterocycles. The number of methoxy groups -OCH3 is 1. The van der Waals surface area contributed by atoms with Crippen molar-refractivity contribution in [2.24, 2.45) is 9.98 Å². The first kappa shape index (κ1) is 15.2. The van der Waals surface area contributed by atoms with Crippen LogP contribution in [0.3, 0.4) is 0 Å². The number of para-hydroxylation sites is 1. The van der Waals surface area contributed by atoms with Crippen LogP contribution in [0.1, 0.15) is 29.8 Å². The van der Waals surface area contributed by atoms with Gasteiger partial charge in [0.25, 0.3) is 5.89 Å². The Balaban J connectivity index is 1.70. The van der Waals surface area contributed by atoms with Gasteiger partial charge < -0.3 is 9.26 Å². The van der Waals surface area contributed by atoms with Gasteiger partial charge in [-0.3, -0.25) is 0 Å². The van der Waals surface area contributed by atoms with Crippen LogP contribution in [0.2, 0.25) is 0 Å². The van der Waals surface area contributed by atoms with Gasteiger partial charge in [0.15, 0.2) is 5.82 Å². The molecule has 0 radical (unpaired) electrons. The lowest BCUT2D eigenvalue weighted by atomic mass is 9.96. The third kappa shape index (κ3) is 2.02. The Bertz CT molecular complexity index is 1220. The van der Waals surface area contributed by atoms with Crippen molar-refractivity contribution in [2.45, 2.75) is 20.5 Å². The second-order valence-corrected chi connectivity index (χ2v) is 6.45. The van der Waals surface area contributed by atoms with E-state index in [1.54, 1.807) is 7.11 Å². The van der Waals surface area contributed by atoms with E-state index in [0.29, 0.717) is 18.3 Å². The molecule has 0 fully saturated rings. The number of hydrogen-bond donors (Lipinski definition) is 0. The first-order valence-electron chi connectivity index (χ1n) is 8.41. The molecule has 0 saturated heterocycles. The molecule has 1 aromatic heterocycles. The third-order valence-corrected chi connectivity index (χ3v) is 4.86. The molecule has 0 amide bonds. The monoisotopic (exact) mass is 344 g/mol. The van der Waals surface area contributed by atoms with Crippen LogP contribution >= 0.6 is 0 Å². The molecule has 0 bridgehead atoms. The summed E-state index contributed by atoms with van der Waals surface area (Å²) < 4.78 is 10.4. The summed E-state index contributed by atoms with van der Waals surface area (Å²) in [6.45, 7) is 4.44. The number of rotatable bonds is 3. The summed E-state index contributed by atoms with van der Waals surface area (Å²) in [5, 5.41) is 5.88. The summed E-state index contributed by atoms with van der Waals surface area (Å²) in [6.07, 6.45) is 0. The minimum Gasteiger partial charge on any atom is -0.377 e. The van der Waals surface area contributed by atoms with Crippen molar-refractivity contribution < 1.29 is 9.26 Å². The van der Waals surface area contributed by atoms with E-state index in [1.165, 1.54) is 0 Å². The molecule has 3 aromatic rings. The van der Waals surface area contributed by atoms with Gasteiger partial charge in [-0.25, -0.2) is 9.98 Å². The summed E-state index contributed by atoms with van der Waals surface area (Å²) in [7, 11) is 1.60. The van der Waals surface area contributed by atoms with Gasteiger partial charge in [0.2, 0.25) is 0 Å². The highest BCUT2D eigenvalue weighted by molar-refractivity contribution is 5.92. The minimum absolute atomic E-state index is 0.311. The van der Waals surface area contributed by atoms with Gasteiger partial charge in [-0.15, -0.1) is 0 Å². The standard InChI is InChI=1S/C20H16N4O2/c1-10-17-11(2)19(20-23-16(9-25-3)24-26-20)22-15(17)8-13-12-6-4-5-7-14(12)21-18(10)13/h4-8H,9H2,1-3H3. The molecular weight excluding hydrogens is 328 g/mol. The number of fused-ring (bicyclic) bond motifs is 4. The molecule has 2 aromatic carbocycles. The van der Waals surface area contributed by atoms with E-state index in [0.717, 1.165) is 49.9 Å². The zero-order valence-electron chi connectivity index (χ0n) is 14.7. The Morgan fingerprint density at radius 2 is 1.92 bits per heavy atom. The lowest BCUT2D eigenvalue weighted by Gasteiger charge is -2.05. The highest BCUT2D eigenvalue weighted by Gasteiger charge is 2.25. The van der Waals surface area contributed by atoms with Crippen LogP contribution in [0.25, 0.3) is 22.4 Å². The predicted octanol–water partition coefficient (Wildman–Crippen LogP) is 2.98. The van der Waals surface area contributed by atoms with E-state index in [-0.39, 0.29) is 0 Å². The maximum absolute atomic E-state index is 5.38. The van der Waals surface area contributed by atoms with Crippen LogP contribution in [0.15, 0.2) is 44.8 Å². The fraction of sp³-hybridized carbons (Fsp3) is 0.200. The Morgan fingerprint density at radius 1 is 1.08 bits per heavy atom. The highest BCUT2D eigenvalue weighted by atomic mass is 16.5. The second kappa shape index (κ2) is 5.44. The average molecular weight is 344 g/mol. The van der Waals surface area contributed by atoms with Gasteiger partial charge in [0.1, 0.15) is 12.3 Å². The van der Waals surface area contributed by atoms with E-state index in [4.69, 9.17) is 19.2 Å². The van der Waals surface area contributed by atoms with Crippen LogP contribution in [-0.4, -0.2) is 17.3 Å². The number of aromatic nitrogens is 2. The molecule has 0 unspecified atom stereocenters. The molecule has 0 N–H and O–H groups in total. The predicted molar refractivity (Wildman–Crippen MR) is 96.1 cm³/mol.